The van der Waals surface area contributed by atoms with Gasteiger partial charge in [-0.1, -0.05) is 31.2 Å². The molecule has 1 fully saturated rings. The summed E-state index contributed by atoms with van der Waals surface area (Å²) < 4.78 is 5.42. The van der Waals surface area contributed by atoms with Gasteiger partial charge >= 0.3 is 0 Å². The average molecular weight is 366 g/mol. The van der Waals surface area contributed by atoms with Crippen LogP contribution in [0, 0.1) is 5.92 Å². The quantitative estimate of drug-likeness (QED) is 0.818. The van der Waals surface area contributed by atoms with Gasteiger partial charge in [0, 0.05) is 25.2 Å². The van der Waals surface area contributed by atoms with Crippen molar-refractivity contribution in [2.75, 3.05) is 18.1 Å². The van der Waals surface area contributed by atoms with Crippen LogP contribution in [-0.2, 0) is 22.6 Å². The van der Waals surface area contributed by atoms with Gasteiger partial charge in [-0.2, -0.15) is 0 Å². The van der Waals surface area contributed by atoms with Gasteiger partial charge in [0.25, 0.3) is 0 Å². The van der Waals surface area contributed by atoms with Crippen molar-refractivity contribution in [1.82, 2.24) is 5.32 Å². The fourth-order valence-electron chi connectivity index (χ4n) is 3.25. The normalized spacial score (nSPS) is 16.4. The van der Waals surface area contributed by atoms with Crippen molar-refractivity contribution in [2.24, 2.45) is 5.92 Å². The van der Waals surface area contributed by atoms with Crippen molar-refractivity contribution in [2.45, 2.75) is 33.2 Å². The monoisotopic (exact) mass is 366 g/mol. The van der Waals surface area contributed by atoms with Crippen LogP contribution >= 0.6 is 0 Å². The van der Waals surface area contributed by atoms with E-state index in [0.717, 1.165) is 23.4 Å². The molecule has 0 unspecified atom stereocenters. The van der Waals surface area contributed by atoms with E-state index < -0.39 is 0 Å². The molecule has 3 rings (SSSR count). The molecule has 1 heterocycles. The first kappa shape index (κ1) is 19.0. The summed E-state index contributed by atoms with van der Waals surface area (Å²) >= 11 is 0. The van der Waals surface area contributed by atoms with Crippen molar-refractivity contribution < 1.29 is 14.3 Å². The van der Waals surface area contributed by atoms with Gasteiger partial charge in [-0.25, -0.2) is 0 Å². The summed E-state index contributed by atoms with van der Waals surface area (Å²) in [5.41, 5.74) is 3.09. The van der Waals surface area contributed by atoms with Crippen LogP contribution in [0.3, 0.4) is 0 Å². The summed E-state index contributed by atoms with van der Waals surface area (Å²) in [6.07, 6.45) is 1.22. The van der Waals surface area contributed by atoms with E-state index in [9.17, 15) is 9.59 Å². The summed E-state index contributed by atoms with van der Waals surface area (Å²) in [5, 5.41) is 2.94. The lowest BCUT2D eigenvalue weighted by Gasteiger charge is -2.17. The molecule has 5 nitrogen and oxygen atoms in total. The molecule has 27 heavy (non-hydrogen) atoms. The molecule has 142 valence electrons. The number of ether oxygens (including phenoxy) is 1. The highest BCUT2D eigenvalue weighted by Crippen LogP contribution is 2.25. The minimum absolute atomic E-state index is 0.000431. The number of nitrogens with one attached hydrogen (secondary N) is 1. The van der Waals surface area contributed by atoms with E-state index in [-0.39, 0.29) is 24.2 Å². The molecule has 1 saturated heterocycles. The molecule has 0 aliphatic carbocycles. The Morgan fingerprint density at radius 2 is 1.74 bits per heavy atom. The van der Waals surface area contributed by atoms with Crippen molar-refractivity contribution in [1.29, 1.82) is 0 Å². The van der Waals surface area contributed by atoms with Crippen LogP contribution in [0.5, 0.6) is 5.75 Å². The lowest BCUT2D eigenvalue weighted by Crippen LogP contribution is -2.32. The van der Waals surface area contributed by atoms with Crippen LogP contribution in [0.1, 0.15) is 31.4 Å². The van der Waals surface area contributed by atoms with Gasteiger partial charge in [0.15, 0.2) is 0 Å². The lowest BCUT2D eigenvalue weighted by molar-refractivity contribution is -0.126. The Kier molecular flexibility index (Phi) is 6.12. The maximum atomic E-state index is 12.5. The zero-order valence-electron chi connectivity index (χ0n) is 15.9. The van der Waals surface area contributed by atoms with Gasteiger partial charge in [-0.05, 0) is 48.7 Å². The number of nitrogens with zero attached hydrogens (tertiary/aromatic N) is 1. The maximum absolute atomic E-state index is 12.5. The molecule has 0 aromatic heterocycles. The summed E-state index contributed by atoms with van der Waals surface area (Å²) in [5.74, 6) is 0.426. The zero-order valence-corrected chi connectivity index (χ0v) is 15.9. The second-order valence-corrected chi connectivity index (χ2v) is 6.72. The highest BCUT2D eigenvalue weighted by atomic mass is 16.5. The number of hydrogen-bond acceptors (Lipinski definition) is 3. The number of amides is 2. The SMILES string of the molecule is CCOc1ccc(CNC(=O)[C@H]2CC(=O)N(c3ccc(CC)cc3)C2)cc1. The van der Waals surface area contributed by atoms with Gasteiger partial charge in [0.2, 0.25) is 11.8 Å². The number of benzene rings is 2. The van der Waals surface area contributed by atoms with Crippen molar-refractivity contribution in [3.63, 3.8) is 0 Å². The van der Waals surface area contributed by atoms with E-state index in [1.54, 1.807) is 4.90 Å². The number of carbonyl (C=O) groups is 2. The first-order chi connectivity index (χ1) is 13.1. The summed E-state index contributed by atoms with van der Waals surface area (Å²) in [7, 11) is 0. The van der Waals surface area contributed by atoms with Crippen LogP contribution in [0.4, 0.5) is 5.69 Å². The second kappa shape index (κ2) is 8.71. The Balaban J connectivity index is 1.55. The average Bonchev–Trinajstić information content (AvgIpc) is 3.09. The molecule has 0 saturated carbocycles. The van der Waals surface area contributed by atoms with Gasteiger partial charge in [-0.3, -0.25) is 9.59 Å². The highest BCUT2D eigenvalue weighted by molar-refractivity contribution is 6.00. The Morgan fingerprint density at radius 1 is 1.07 bits per heavy atom. The number of carbonyl (C=O) groups excluding carboxylic acids is 2. The van der Waals surface area contributed by atoms with E-state index in [0.29, 0.717) is 19.7 Å². The van der Waals surface area contributed by atoms with E-state index in [1.807, 2.05) is 55.5 Å². The Hall–Kier alpha value is -2.82. The third kappa shape index (κ3) is 4.67. The number of rotatable bonds is 7. The molecule has 0 spiro atoms. The van der Waals surface area contributed by atoms with Crippen molar-refractivity contribution >= 4 is 17.5 Å². The minimum Gasteiger partial charge on any atom is -0.494 e. The fourth-order valence-corrected chi connectivity index (χ4v) is 3.25. The highest BCUT2D eigenvalue weighted by Gasteiger charge is 2.34. The van der Waals surface area contributed by atoms with Gasteiger partial charge in [-0.15, -0.1) is 0 Å². The Labute approximate surface area is 160 Å². The molecular formula is C22H26N2O3. The third-order valence-electron chi connectivity index (χ3n) is 4.85. The topological polar surface area (TPSA) is 58.6 Å². The van der Waals surface area contributed by atoms with Crippen LogP contribution in [0.2, 0.25) is 0 Å². The van der Waals surface area contributed by atoms with E-state index >= 15 is 0 Å². The zero-order chi connectivity index (χ0) is 19.2. The predicted octanol–water partition coefficient (Wildman–Crippen LogP) is 3.32. The summed E-state index contributed by atoms with van der Waals surface area (Å²) in [4.78, 5) is 26.6. The van der Waals surface area contributed by atoms with Gasteiger partial charge < -0.3 is 15.0 Å². The molecule has 2 aromatic rings. The summed E-state index contributed by atoms with van der Waals surface area (Å²) in [6.45, 7) is 5.54. The predicted molar refractivity (Wildman–Crippen MR) is 106 cm³/mol. The van der Waals surface area contributed by atoms with E-state index in [2.05, 4.69) is 12.2 Å². The molecule has 1 aliphatic heterocycles. The van der Waals surface area contributed by atoms with E-state index in [1.165, 1.54) is 5.56 Å². The molecule has 2 aromatic carbocycles. The van der Waals surface area contributed by atoms with Crippen molar-refractivity contribution in [3.8, 4) is 5.75 Å². The van der Waals surface area contributed by atoms with E-state index in [4.69, 9.17) is 4.74 Å². The van der Waals surface area contributed by atoms with Crippen LogP contribution in [-0.4, -0.2) is 25.0 Å². The largest absolute Gasteiger partial charge is 0.494 e. The van der Waals surface area contributed by atoms with Crippen molar-refractivity contribution in [3.05, 3.63) is 59.7 Å². The third-order valence-corrected chi connectivity index (χ3v) is 4.85. The standard InChI is InChI=1S/C22H26N2O3/c1-3-16-5-9-19(10-6-16)24-15-18(13-21(24)25)22(26)23-14-17-7-11-20(12-8-17)27-4-2/h5-12,18H,3-4,13-15H2,1-2H3,(H,23,26)/t18-/m0/s1. The molecule has 1 N–H and O–H groups in total. The Morgan fingerprint density at radius 3 is 2.37 bits per heavy atom. The lowest BCUT2D eigenvalue weighted by atomic mass is 10.1. The number of anilines is 1. The maximum Gasteiger partial charge on any atom is 0.227 e. The minimum atomic E-state index is -0.314. The van der Waals surface area contributed by atoms with Gasteiger partial charge in [0.1, 0.15) is 5.75 Å². The molecule has 1 atom stereocenters. The van der Waals surface area contributed by atoms with Crippen LogP contribution in [0.25, 0.3) is 0 Å². The van der Waals surface area contributed by atoms with Gasteiger partial charge in [0.05, 0.1) is 12.5 Å². The number of aryl methyl sites for hydroxylation is 1. The second-order valence-electron chi connectivity index (χ2n) is 6.72. The molecule has 1 aliphatic rings. The smallest absolute Gasteiger partial charge is 0.227 e. The first-order valence-electron chi connectivity index (χ1n) is 9.49. The Bertz CT molecular complexity index is 784. The van der Waals surface area contributed by atoms with Crippen LogP contribution in [0.15, 0.2) is 48.5 Å². The molecular weight excluding hydrogens is 340 g/mol. The molecule has 0 radical (unpaired) electrons. The first-order valence-corrected chi connectivity index (χ1v) is 9.49. The molecule has 2 amide bonds. The molecule has 0 bridgehead atoms. The number of hydrogen-bond donors (Lipinski definition) is 1. The fraction of sp³-hybridized carbons (Fsp3) is 0.364. The summed E-state index contributed by atoms with van der Waals surface area (Å²) in [6, 6.07) is 15.6. The molecule has 5 heteroatoms. The van der Waals surface area contributed by atoms with Crippen LogP contribution < -0.4 is 15.0 Å².